The van der Waals surface area contributed by atoms with Crippen LogP contribution in [0.2, 0.25) is 0 Å². The number of aliphatic hydroxyl groups excluding tert-OH is 1. The SMILES string of the molecule is OCC1(Cc2ccccc2)CCCN(Cc2ncc[nH]2)C1. The molecule has 0 bridgehead atoms. The average Bonchev–Trinajstić information content (AvgIpc) is 3.01. The minimum Gasteiger partial charge on any atom is -0.396 e. The van der Waals surface area contributed by atoms with Crippen LogP contribution in [-0.2, 0) is 13.0 Å². The number of hydrogen-bond donors (Lipinski definition) is 2. The van der Waals surface area contributed by atoms with Gasteiger partial charge in [0.25, 0.3) is 0 Å². The van der Waals surface area contributed by atoms with Crippen molar-refractivity contribution < 1.29 is 5.11 Å². The predicted molar refractivity (Wildman–Crippen MR) is 82.8 cm³/mol. The van der Waals surface area contributed by atoms with Crippen LogP contribution in [0, 0.1) is 5.41 Å². The van der Waals surface area contributed by atoms with E-state index in [1.165, 1.54) is 5.56 Å². The third-order valence-corrected chi connectivity index (χ3v) is 4.43. The quantitative estimate of drug-likeness (QED) is 0.885. The van der Waals surface area contributed by atoms with Crippen molar-refractivity contribution in [3.05, 3.63) is 54.1 Å². The van der Waals surface area contributed by atoms with Crippen LogP contribution in [0.5, 0.6) is 0 Å². The minimum absolute atomic E-state index is 0.0216. The number of H-pyrrole nitrogens is 1. The molecular weight excluding hydrogens is 262 g/mol. The number of piperidine rings is 1. The van der Waals surface area contributed by atoms with E-state index in [0.29, 0.717) is 0 Å². The van der Waals surface area contributed by atoms with E-state index in [0.717, 1.165) is 44.7 Å². The molecule has 1 aromatic carbocycles. The van der Waals surface area contributed by atoms with Gasteiger partial charge in [-0.05, 0) is 31.4 Å². The van der Waals surface area contributed by atoms with Gasteiger partial charge in [-0.25, -0.2) is 4.98 Å². The summed E-state index contributed by atoms with van der Waals surface area (Å²) in [6.45, 7) is 3.09. The lowest BCUT2D eigenvalue weighted by Gasteiger charge is -2.41. The van der Waals surface area contributed by atoms with E-state index >= 15 is 0 Å². The molecule has 0 radical (unpaired) electrons. The van der Waals surface area contributed by atoms with Gasteiger partial charge in [0.1, 0.15) is 5.82 Å². The fourth-order valence-electron chi connectivity index (χ4n) is 3.40. The Morgan fingerprint density at radius 3 is 2.86 bits per heavy atom. The number of rotatable bonds is 5. The monoisotopic (exact) mass is 285 g/mol. The molecule has 4 heteroatoms. The number of nitrogens with zero attached hydrogens (tertiary/aromatic N) is 2. The Balaban J connectivity index is 1.69. The summed E-state index contributed by atoms with van der Waals surface area (Å²) < 4.78 is 0. The molecule has 1 saturated heterocycles. The van der Waals surface area contributed by atoms with Gasteiger partial charge >= 0.3 is 0 Å². The van der Waals surface area contributed by atoms with Crippen LogP contribution >= 0.6 is 0 Å². The van der Waals surface area contributed by atoms with Crippen LogP contribution in [0.4, 0.5) is 0 Å². The van der Waals surface area contributed by atoms with Crippen molar-refractivity contribution in [2.24, 2.45) is 5.41 Å². The zero-order chi connectivity index (χ0) is 14.5. The Bertz CT molecular complexity index is 540. The van der Waals surface area contributed by atoms with Gasteiger partial charge in [0.15, 0.2) is 0 Å². The molecule has 1 atom stereocenters. The van der Waals surface area contributed by atoms with Crippen LogP contribution in [0.15, 0.2) is 42.7 Å². The number of benzene rings is 1. The van der Waals surface area contributed by atoms with E-state index in [1.807, 2.05) is 12.3 Å². The fraction of sp³-hybridized carbons (Fsp3) is 0.471. The molecule has 0 amide bonds. The summed E-state index contributed by atoms with van der Waals surface area (Å²) in [5.41, 5.74) is 1.29. The smallest absolute Gasteiger partial charge is 0.120 e. The van der Waals surface area contributed by atoms with Crippen molar-refractivity contribution in [1.82, 2.24) is 14.9 Å². The molecule has 3 rings (SSSR count). The highest BCUT2D eigenvalue weighted by atomic mass is 16.3. The van der Waals surface area contributed by atoms with Crippen molar-refractivity contribution in [3.8, 4) is 0 Å². The number of aliphatic hydroxyl groups is 1. The van der Waals surface area contributed by atoms with Gasteiger partial charge in [0, 0.05) is 24.4 Å². The van der Waals surface area contributed by atoms with Crippen LogP contribution in [0.25, 0.3) is 0 Å². The van der Waals surface area contributed by atoms with Crippen LogP contribution in [0.3, 0.4) is 0 Å². The normalized spacial score (nSPS) is 23.3. The van der Waals surface area contributed by atoms with Gasteiger partial charge < -0.3 is 10.1 Å². The molecule has 2 aromatic rings. The second kappa shape index (κ2) is 6.41. The molecule has 2 heterocycles. The molecule has 1 aromatic heterocycles. The van der Waals surface area contributed by atoms with Gasteiger partial charge in [-0.2, -0.15) is 0 Å². The van der Waals surface area contributed by atoms with E-state index in [9.17, 15) is 5.11 Å². The first-order valence-electron chi connectivity index (χ1n) is 7.65. The Kier molecular flexibility index (Phi) is 4.36. The van der Waals surface area contributed by atoms with Gasteiger partial charge in [-0.1, -0.05) is 30.3 Å². The summed E-state index contributed by atoms with van der Waals surface area (Å²) in [6.07, 6.45) is 6.82. The first kappa shape index (κ1) is 14.3. The molecule has 0 aliphatic carbocycles. The summed E-state index contributed by atoms with van der Waals surface area (Å²) in [7, 11) is 0. The molecule has 21 heavy (non-hydrogen) atoms. The van der Waals surface area contributed by atoms with Gasteiger partial charge in [-0.15, -0.1) is 0 Å². The molecule has 2 N–H and O–H groups in total. The summed E-state index contributed by atoms with van der Waals surface area (Å²) in [5, 5.41) is 10.00. The Labute approximate surface area is 125 Å². The highest BCUT2D eigenvalue weighted by Crippen LogP contribution is 2.33. The first-order chi connectivity index (χ1) is 10.3. The largest absolute Gasteiger partial charge is 0.396 e. The molecule has 1 aliphatic heterocycles. The van der Waals surface area contributed by atoms with Gasteiger partial charge in [0.05, 0.1) is 13.2 Å². The maximum absolute atomic E-state index is 10.00. The zero-order valence-corrected chi connectivity index (χ0v) is 12.3. The van der Waals surface area contributed by atoms with Crippen molar-refractivity contribution in [1.29, 1.82) is 0 Å². The molecule has 1 unspecified atom stereocenters. The third kappa shape index (κ3) is 3.52. The van der Waals surface area contributed by atoms with Crippen LogP contribution < -0.4 is 0 Å². The molecule has 1 fully saturated rings. The predicted octanol–water partition coefficient (Wildman–Crippen LogP) is 2.23. The standard InChI is InChI=1S/C17H23N3O/c21-14-17(11-15-5-2-1-3-6-15)7-4-10-20(13-17)12-16-18-8-9-19-16/h1-3,5-6,8-9,21H,4,7,10-14H2,(H,18,19). The zero-order valence-electron chi connectivity index (χ0n) is 12.3. The maximum Gasteiger partial charge on any atom is 0.120 e. The summed E-state index contributed by atoms with van der Waals surface area (Å²) in [5.74, 6) is 1.00. The lowest BCUT2D eigenvalue weighted by atomic mass is 9.76. The van der Waals surface area contributed by atoms with Crippen molar-refractivity contribution in [3.63, 3.8) is 0 Å². The molecule has 1 aliphatic rings. The van der Waals surface area contributed by atoms with Crippen molar-refractivity contribution >= 4 is 0 Å². The number of aromatic amines is 1. The molecule has 4 nitrogen and oxygen atoms in total. The Hall–Kier alpha value is -1.65. The maximum atomic E-state index is 10.00. The molecule has 112 valence electrons. The number of nitrogens with one attached hydrogen (secondary N) is 1. The van der Waals surface area contributed by atoms with E-state index in [2.05, 4.69) is 39.1 Å². The Morgan fingerprint density at radius 2 is 2.14 bits per heavy atom. The first-order valence-corrected chi connectivity index (χ1v) is 7.65. The van der Waals surface area contributed by atoms with Crippen LogP contribution in [-0.4, -0.2) is 39.7 Å². The third-order valence-electron chi connectivity index (χ3n) is 4.43. The molecule has 0 spiro atoms. The molecule has 0 saturated carbocycles. The number of imidazole rings is 1. The van der Waals surface area contributed by atoms with E-state index in [1.54, 1.807) is 6.20 Å². The van der Waals surface area contributed by atoms with E-state index in [-0.39, 0.29) is 12.0 Å². The molecular formula is C17H23N3O. The summed E-state index contributed by atoms with van der Waals surface area (Å²) >= 11 is 0. The van der Waals surface area contributed by atoms with Crippen molar-refractivity contribution in [2.45, 2.75) is 25.8 Å². The van der Waals surface area contributed by atoms with Gasteiger partial charge in [-0.3, -0.25) is 4.90 Å². The fourth-order valence-corrected chi connectivity index (χ4v) is 3.40. The average molecular weight is 285 g/mol. The minimum atomic E-state index is -0.0216. The lowest BCUT2D eigenvalue weighted by molar-refractivity contribution is 0.0279. The second-order valence-corrected chi connectivity index (χ2v) is 6.17. The number of aromatic nitrogens is 2. The highest BCUT2D eigenvalue weighted by molar-refractivity contribution is 5.17. The number of likely N-dealkylation sites (tertiary alicyclic amines) is 1. The topological polar surface area (TPSA) is 52.1 Å². The van der Waals surface area contributed by atoms with Crippen LogP contribution in [0.1, 0.15) is 24.2 Å². The summed E-state index contributed by atoms with van der Waals surface area (Å²) in [4.78, 5) is 9.88. The van der Waals surface area contributed by atoms with Crippen molar-refractivity contribution in [2.75, 3.05) is 19.7 Å². The van der Waals surface area contributed by atoms with E-state index < -0.39 is 0 Å². The second-order valence-electron chi connectivity index (χ2n) is 6.17. The summed E-state index contributed by atoms with van der Waals surface area (Å²) in [6, 6.07) is 10.5. The Morgan fingerprint density at radius 1 is 1.29 bits per heavy atom. The van der Waals surface area contributed by atoms with Gasteiger partial charge in [0.2, 0.25) is 0 Å². The van der Waals surface area contributed by atoms with E-state index in [4.69, 9.17) is 0 Å². The lowest BCUT2D eigenvalue weighted by Crippen LogP contribution is -2.46. The number of hydrogen-bond acceptors (Lipinski definition) is 3. The highest BCUT2D eigenvalue weighted by Gasteiger charge is 2.35.